The minimum atomic E-state index is -1.39. The molecule has 1 aliphatic carbocycles. The van der Waals surface area contributed by atoms with Crippen LogP contribution in [0.15, 0.2) is 0 Å². The number of carboxylic acids is 1. The normalized spacial score (nSPS) is 35.2. The summed E-state index contributed by atoms with van der Waals surface area (Å²) < 4.78 is 0. The van der Waals surface area contributed by atoms with Crippen LogP contribution in [0.25, 0.3) is 0 Å². The molecule has 2 unspecified atom stereocenters. The van der Waals surface area contributed by atoms with Gasteiger partial charge in [0, 0.05) is 5.92 Å². The Morgan fingerprint density at radius 2 is 2.00 bits per heavy atom. The second kappa shape index (κ2) is 3.31. The zero-order valence-electron chi connectivity index (χ0n) is 10.3. The van der Waals surface area contributed by atoms with E-state index in [9.17, 15) is 19.5 Å². The molecule has 1 heterocycles. The Morgan fingerprint density at radius 3 is 2.53 bits per heavy atom. The number of aliphatic carboxylic acids is 1. The minimum Gasteiger partial charge on any atom is -0.548 e. The summed E-state index contributed by atoms with van der Waals surface area (Å²) in [5.74, 6) is -2.39. The Bertz CT molecular complexity index is 415. The molecule has 0 aromatic carbocycles. The average molecular weight is 238 g/mol. The van der Waals surface area contributed by atoms with Gasteiger partial charge in [-0.15, -0.1) is 0 Å². The molecule has 5 nitrogen and oxygen atoms in total. The molecule has 0 radical (unpaired) electrons. The van der Waals surface area contributed by atoms with Gasteiger partial charge in [-0.1, -0.05) is 20.8 Å². The molecule has 0 aromatic rings. The van der Waals surface area contributed by atoms with Crippen molar-refractivity contribution in [3.05, 3.63) is 0 Å². The number of rotatable bonds is 2. The lowest BCUT2D eigenvalue weighted by atomic mass is 9.62. The lowest BCUT2D eigenvalue weighted by Crippen LogP contribution is -2.60. The molecule has 2 fully saturated rings. The number of carbonyl (C=O) groups is 3. The van der Waals surface area contributed by atoms with Crippen LogP contribution in [-0.2, 0) is 14.4 Å². The molecule has 2 aliphatic rings. The van der Waals surface area contributed by atoms with Crippen molar-refractivity contribution in [3.8, 4) is 0 Å². The van der Waals surface area contributed by atoms with Gasteiger partial charge in [-0.25, -0.2) is 0 Å². The van der Waals surface area contributed by atoms with Crippen LogP contribution in [0.2, 0.25) is 0 Å². The summed E-state index contributed by atoms with van der Waals surface area (Å²) in [6.07, 6.45) is 1.29. The van der Waals surface area contributed by atoms with E-state index in [0.717, 1.165) is 4.90 Å². The maximum absolute atomic E-state index is 12.3. The van der Waals surface area contributed by atoms with Gasteiger partial charge in [0.05, 0.1) is 17.9 Å². The number of nitrogens with zero attached hydrogens (tertiary/aromatic N) is 1. The Balaban J connectivity index is 2.42. The van der Waals surface area contributed by atoms with Gasteiger partial charge < -0.3 is 9.90 Å². The van der Waals surface area contributed by atoms with E-state index in [4.69, 9.17) is 0 Å². The Morgan fingerprint density at radius 1 is 1.41 bits per heavy atom. The highest BCUT2D eigenvalue weighted by atomic mass is 16.4. The third-order valence-electron chi connectivity index (χ3n) is 4.79. The van der Waals surface area contributed by atoms with Crippen LogP contribution in [-0.4, -0.2) is 29.2 Å². The van der Waals surface area contributed by atoms with Gasteiger partial charge in [-0.2, -0.15) is 0 Å². The molecular weight excluding hydrogens is 222 g/mol. The number of carbonyl (C=O) groups excluding carboxylic acids is 3. The zero-order valence-corrected chi connectivity index (χ0v) is 10.3. The van der Waals surface area contributed by atoms with Crippen molar-refractivity contribution < 1.29 is 19.5 Å². The summed E-state index contributed by atoms with van der Waals surface area (Å²) in [6.45, 7) is 5.03. The van der Waals surface area contributed by atoms with Gasteiger partial charge in [-0.3, -0.25) is 14.5 Å². The zero-order chi connectivity index (χ0) is 13.0. The average Bonchev–Trinajstić information content (AvgIpc) is 2.40. The molecule has 0 spiro atoms. The first-order valence-electron chi connectivity index (χ1n) is 5.77. The van der Waals surface area contributed by atoms with Crippen LogP contribution in [0.5, 0.6) is 0 Å². The van der Waals surface area contributed by atoms with Gasteiger partial charge in [0.1, 0.15) is 0 Å². The SMILES string of the molecule is CC12CCC(C(=O)N(CC(=O)[O-])C1=O)C2(C)C. The van der Waals surface area contributed by atoms with Crippen molar-refractivity contribution in [2.45, 2.75) is 33.6 Å². The van der Waals surface area contributed by atoms with Gasteiger partial charge in [-0.05, 0) is 18.3 Å². The third-order valence-corrected chi connectivity index (χ3v) is 4.79. The van der Waals surface area contributed by atoms with Crippen LogP contribution < -0.4 is 5.11 Å². The highest BCUT2D eigenvalue weighted by Crippen LogP contribution is 2.59. The van der Waals surface area contributed by atoms with Gasteiger partial charge in [0.15, 0.2) is 0 Å². The van der Waals surface area contributed by atoms with E-state index in [0.29, 0.717) is 12.8 Å². The lowest BCUT2D eigenvalue weighted by molar-refractivity contribution is -0.306. The third kappa shape index (κ3) is 1.34. The number of hydrogen-bond donors (Lipinski definition) is 0. The predicted octanol–water partition coefficient (Wildman–Crippen LogP) is -0.452. The fourth-order valence-corrected chi connectivity index (χ4v) is 3.18. The molecule has 17 heavy (non-hydrogen) atoms. The van der Waals surface area contributed by atoms with E-state index in [1.165, 1.54) is 0 Å². The van der Waals surface area contributed by atoms with E-state index in [2.05, 4.69) is 0 Å². The number of likely N-dealkylation sites (tertiary alicyclic amines) is 1. The second-order valence-electron chi connectivity index (χ2n) is 5.75. The first-order chi connectivity index (χ1) is 7.72. The molecule has 2 amide bonds. The molecular formula is C12H16NO4-. The number of amides is 2. The molecule has 0 N–H and O–H groups in total. The fourth-order valence-electron chi connectivity index (χ4n) is 3.18. The summed E-state index contributed by atoms with van der Waals surface area (Å²) in [7, 11) is 0. The Labute approximate surface area is 99.8 Å². The quantitative estimate of drug-likeness (QED) is 0.610. The smallest absolute Gasteiger partial charge is 0.236 e. The van der Waals surface area contributed by atoms with Gasteiger partial charge >= 0.3 is 0 Å². The van der Waals surface area contributed by atoms with Crippen LogP contribution in [0.3, 0.4) is 0 Å². The summed E-state index contributed by atoms with van der Waals surface area (Å²) in [5, 5.41) is 10.6. The van der Waals surface area contributed by atoms with Crippen molar-refractivity contribution in [2.75, 3.05) is 6.54 Å². The molecule has 94 valence electrons. The molecule has 0 aromatic heterocycles. The monoisotopic (exact) mass is 238 g/mol. The van der Waals surface area contributed by atoms with Crippen molar-refractivity contribution in [1.82, 2.24) is 4.90 Å². The van der Waals surface area contributed by atoms with E-state index in [1.807, 2.05) is 20.8 Å². The van der Waals surface area contributed by atoms with Crippen LogP contribution in [0.4, 0.5) is 0 Å². The molecule has 1 saturated heterocycles. The minimum absolute atomic E-state index is 0.260. The topological polar surface area (TPSA) is 77.5 Å². The molecule has 2 atom stereocenters. The van der Waals surface area contributed by atoms with Crippen molar-refractivity contribution >= 4 is 17.8 Å². The van der Waals surface area contributed by atoms with E-state index in [-0.39, 0.29) is 17.7 Å². The molecule has 1 saturated carbocycles. The maximum atomic E-state index is 12.3. The van der Waals surface area contributed by atoms with Crippen molar-refractivity contribution in [3.63, 3.8) is 0 Å². The van der Waals surface area contributed by atoms with Crippen LogP contribution in [0.1, 0.15) is 33.6 Å². The van der Waals surface area contributed by atoms with Gasteiger partial charge in [0.25, 0.3) is 0 Å². The first kappa shape index (κ1) is 12.1. The second-order valence-corrected chi connectivity index (χ2v) is 5.75. The van der Waals surface area contributed by atoms with Crippen LogP contribution >= 0.6 is 0 Å². The van der Waals surface area contributed by atoms with Crippen molar-refractivity contribution in [1.29, 1.82) is 0 Å². The predicted molar refractivity (Wildman–Crippen MR) is 56.3 cm³/mol. The molecule has 1 aliphatic heterocycles. The molecule has 2 bridgehead atoms. The summed E-state index contributed by atoms with van der Waals surface area (Å²) in [4.78, 5) is 35.8. The Hall–Kier alpha value is -1.39. The molecule has 5 heteroatoms. The fraction of sp³-hybridized carbons (Fsp3) is 0.750. The maximum Gasteiger partial charge on any atom is 0.236 e. The first-order valence-corrected chi connectivity index (χ1v) is 5.77. The molecule has 2 rings (SSSR count). The van der Waals surface area contributed by atoms with Crippen molar-refractivity contribution in [2.24, 2.45) is 16.7 Å². The standard InChI is InChI=1S/C12H17NO4/c1-11(2)7-4-5-12(11,3)10(17)13(9(7)16)6-8(14)15/h7H,4-6H2,1-3H3,(H,14,15)/p-1. The lowest BCUT2D eigenvalue weighted by Gasteiger charge is -2.47. The Kier molecular flexibility index (Phi) is 2.35. The van der Waals surface area contributed by atoms with E-state index >= 15 is 0 Å². The highest BCUT2D eigenvalue weighted by Gasteiger charge is 2.64. The highest BCUT2D eigenvalue weighted by molar-refractivity contribution is 6.05. The number of fused-ring (bicyclic) bond motifs is 2. The summed E-state index contributed by atoms with van der Waals surface area (Å²) >= 11 is 0. The van der Waals surface area contributed by atoms with E-state index < -0.39 is 23.3 Å². The van der Waals surface area contributed by atoms with Gasteiger partial charge in [0.2, 0.25) is 11.8 Å². The van der Waals surface area contributed by atoms with E-state index in [1.54, 1.807) is 0 Å². The largest absolute Gasteiger partial charge is 0.548 e. The summed E-state index contributed by atoms with van der Waals surface area (Å²) in [5.41, 5.74) is -1.04. The number of imide groups is 1. The number of hydrogen-bond acceptors (Lipinski definition) is 4. The number of piperidine rings is 1. The van der Waals surface area contributed by atoms with Crippen LogP contribution in [0, 0.1) is 16.7 Å². The summed E-state index contributed by atoms with van der Waals surface area (Å²) in [6, 6.07) is 0. The number of carboxylic acid groups (broad SMARTS) is 1.